The zero-order valence-electron chi connectivity index (χ0n) is 19.9. The molecule has 2 N–H and O–H groups in total. The van der Waals surface area contributed by atoms with Gasteiger partial charge in [-0.25, -0.2) is 9.78 Å². The molecule has 1 aliphatic carbocycles. The molecule has 0 bridgehead atoms. The first kappa shape index (κ1) is 28.5. The van der Waals surface area contributed by atoms with E-state index in [-0.39, 0.29) is 17.9 Å². The van der Waals surface area contributed by atoms with Crippen LogP contribution in [0, 0.1) is 11.8 Å². The van der Waals surface area contributed by atoms with Crippen LogP contribution in [0.5, 0.6) is 0 Å². The van der Waals surface area contributed by atoms with Gasteiger partial charge in [0.25, 0.3) is 0 Å². The number of oxazole rings is 1. The lowest BCUT2D eigenvalue weighted by atomic mass is 9.86. The average molecular weight is 536 g/mol. The molecular formula is C24H26F6N2O5. The molecule has 1 aliphatic rings. The lowest BCUT2D eigenvalue weighted by Crippen LogP contribution is -2.47. The highest BCUT2D eigenvalue weighted by Crippen LogP contribution is 2.38. The minimum absolute atomic E-state index is 0.163. The van der Waals surface area contributed by atoms with Gasteiger partial charge in [-0.05, 0) is 43.4 Å². The normalized spacial score (nSPS) is 19.6. The van der Waals surface area contributed by atoms with Gasteiger partial charge < -0.3 is 19.6 Å². The monoisotopic (exact) mass is 536 g/mol. The number of ether oxygens (including phenoxy) is 1. The van der Waals surface area contributed by atoms with Crippen LogP contribution in [0.15, 0.2) is 28.7 Å². The fourth-order valence-corrected chi connectivity index (χ4v) is 4.14. The first-order chi connectivity index (χ1) is 17.2. The summed E-state index contributed by atoms with van der Waals surface area (Å²) in [5, 5.41) is 11.8. The summed E-state index contributed by atoms with van der Waals surface area (Å²) >= 11 is 0. The molecule has 204 valence electrons. The van der Waals surface area contributed by atoms with E-state index in [0.29, 0.717) is 25.3 Å². The highest BCUT2D eigenvalue weighted by molar-refractivity contribution is 5.85. The molecule has 37 heavy (non-hydrogen) atoms. The predicted molar refractivity (Wildman–Crippen MR) is 117 cm³/mol. The van der Waals surface area contributed by atoms with Crippen molar-refractivity contribution in [2.75, 3.05) is 0 Å². The third-order valence-corrected chi connectivity index (χ3v) is 6.07. The number of amides is 1. The number of aromatic nitrogens is 1. The molecule has 3 rings (SSSR count). The van der Waals surface area contributed by atoms with Gasteiger partial charge in [-0.3, -0.25) is 4.79 Å². The number of carbonyl (C=O) groups is 2. The summed E-state index contributed by atoms with van der Waals surface area (Å²) in [6.45, 7) is 2.66. The van der Waals surface area contributed by atoms with Gasteiger partial charge in [-0.1, -0.05) is 26.3 Å². The summed E-state index contributed by atoms with van der Waals surface area (Å²) in [5.74, 6) is -4.69. The minimum atomic E-state index is -4.97. The molecular weight excluding hydrogens is 510 g/mol. The van der Waals surface area contributed by atoms with Gasteiger partial charge in [0.15, 0.2) is 0 Å². The van der Waals surface area contributed by atoms with E-state index in [1.54, 1.807) is 13.8 Å². The maximum Gasteiger partial charge on any atom is 0.451 e. The first-order valence-electron chi connectivity index (χ1n) is 11.6. The highest BCUT2D eigenvalue weighted by Gasteiger charge is 2.40. The number of nitrogens with zero attached hydrogens (tertiary/aromatic N) is 1. The number of rotatable bonds is 8. The van der Waals surface area contributed by atoms with Crippen molar-refractivity contribution in [3.63, 3.8) is 0 Å². The Morgan fingerprint density at radius 1 is 1.16 bits per heavy atom. The van der Waals surface area contributed by atoms with Crippen LogP contribution < -0.4 is 5.32 Å². The Balaban J connectivity index is 1.73. The number of aliphatic carboxylic acids is 1. The Bertz CT molecular complexity index is 1110. The van der Waals surface area contributed by atoms with E-state index in [0.717, 1.165) is 18.2 Å². The van der Waals surface area contributed by atoms with Crippen LogP contribution >= 0.6 is 0 Å². The van der Waals surface area contributed by atoms with Crippen LogP contribution in [0.4, 0.5) is 26.3 Å². The van der Waals surface area contributed by atoms with Gasteiger partial charge in [0, 0.05) is 11.5 Å². The molecule has 2 aromatic rings. The molecule has 1 aromatic heterocycles. The summed E-state index contributed by atoms with van der Waals surface area (Å²) in [7, 11) is 0. The fraction of sp³-hybridized carbons (Fsp3) is 0.542. The molecule has 1 aromatic carbocycles. The first-order valence-corrected chi connectivity index (χ1v) is 11.6. The molecule has 0 aliphatic heterocycles. The largest absolute Gasteiger partial charge is 0.480 e. The predicted octanol–water partition coefficient (Wildman–Crippen LogP) is 5.68. The van der Waals surface area contributed by atoms with Crippen LogP contribution in [-0.2, 0) is 33.3 Å². The number of alkyl halides is 6. The Hall–Kier alpha value is -3.09. The number of carboxylic acids is 1. The second-order valence-corrected chi connectivity index (χ2v) is 9.24. The van der Waals surface area contributed by atoms with E-state index >= 15 is 0 Å². The van der Waals surface area contributed by atoms with E-state index in [2.05, 4.69) is 10.3 Å². The third-order valence-electron chi connectivity index (χ3n) is 6.07. The molecule has 1 saturated carbocycles. The number of carboxylic acid groups (broad SMARTS) is 1. The van der Waals surface area contributed by atoms with Gasteiger partial charge in [-0.15, -0.1) is 0 Å². The summed E-state index contributed by atoms with van der Waals surface area (Å²) in [5.41, 5.74) is -1.97. The zero-order chi connectivity index (χ0) is 27.5. The van der Waals surface area contributed by atoms with Crippen molar-refractivity contribution in [1.29, 1.82) is 0 Å². The van der Waals surface area contributed by atoms with Crippen molar-refractivity contribution in [3.05, 3.63) is 41.3 Å². The Morgan fingerprint density at radius 2 is 1.86 bits per heavy atom. The topological polar surface area (TPSA) is 102 Å². The summed E-state index contributed by atoms with van der Waals surface area (Å²) in [6, 6.07) is 2.52. The minimum Gasteiger partial charge on any atom is -0.480 e. The number of hydrogen-bond donors (Lipinski definition) is 2. The highest BCUT2D eigenvalue weighted by atomic mass is 19.4. The van der Waals surface area contributed by atoms with Crippen LogP contribution in [0.25, 0.3) is 11.5 Å². The van der Waals surface area contributed by atoms with E-state index in [1.807, 2.05) is 0 Å². The Kier molecular flexibility index (Phi) is 8.56. The lowest BCUT2D eigenvalue weighted by molar-refractivity contribution is -0.154. The van der Waals surface area contributed by atoms with Crippen LogP contribution in [-0.4, -0.2) is 34.1 Å². The van der Waals surface area contributed by atoms with Gasteiger partial charge in [-0.2, -0.15) is 26.3 Å². The molecule has 0 saturated heterocycles. The Morgan fingerprint density at radius 3 is 2.46 bits per heavy atom. The van der Waals surface area contributed by atoms with Gasteiger partial charge >= 0.3 is 18.3 Å². The van der Waals surface area contributed by atoms with Crippen LogP contribution in [0.2, 0.25) is 0 Å². The van der Waals surface area contributed by atoms with Gasteiger partial charge in [0.1, 0.15) is 11.7 Å². The van der Waals surface area contributed by atoms with Crippen LogP contribution in [0.3, 0.4) is 0 Å². The number of hydrogen-bond acceptors (Lipinski definition) is 5. The quantitative estimate of drug-likeness (QED) is 0.421. The molecule has 3 atom stereocenters. The van der Waals surface area contributed by atoms with E-state index < -0.39 is 71.8 Å². The van der Waals surface area contributed by atoms with Crippen molar-refractivity contribution in [1.82, 2.24) is 10.3 Å². The molecule has 1 fully saturated rings. The summed E-state index contributed by atoms with van der Waals surface area (Å²) < 4.78 is 90.2. The molecule has 2 unspecified atom stereocenters. The second-order valence-electron chi connectivity index (χ2n) is 9.24. The molecule has 1 heterocycles. The van der Waals surface area contributed by atoms with Crippen molar-refractivity contribution in [2.45, 2.75) is 70.6 Å². The molecule has 13 heteroatoms. The Labute approximate surface area is 208 Å². The molecule has 7 nitrogen and oxygen atoms in total. The maximum atomic E-state index is 13.6. The zero-order valence-corrected chi connectivity index (χ0v) is 19.9. The summed E-state index contributed by atoms with van der Waals surface area (Å²) in [4.78, 5) is 27.7. The number of benzene rings is 1. The van der Waals surface area contributed by atoms with Crippen molar-refractivity contribution < 1.29 is 50.2 Å². The smallest absolute Gasteiger partial charge is 0.451 e. The SMILES string of the molecule is CC(C)[C@@H](NC(=O)C1CCCC(OCc2nc(-c3cccc(C(F)(F)F)c3)oc2C(F)(F)F)C1)C(=O)O. The molecule has 0 spiro atoms. The second kappa shape index (κ2) is 11.1. The number of carbonyl (C=O) groups excluding carboxylic acids is 1. The third kappa shape index (κ3) is 7.24. The summed E-state index contributed by atoms with van der Waals surface area (Å²) in [6.07, 6.45) is -8.67. The van der Waals surface area contributed by atoms with E-state index in [4.69, 9.17) is 9.15 Å². The fourth-order valence-electron chi connectivity index (χ4n) is 4.14. The average Bonchev–Trinajstić information content (AvgIpc) is 3.25. The van der Waals surface area contributed by atoms with Crippen molar-refractivity contribution >= 4 is 11.9 Å². The lowest BCUT2D eigenvalue weighted by Gasteiger charge is -2.29. The molecule has 1 amide bonds. The van der Waals surface area contributed by atoms with Gasteiger partial charge in [0.05, 0.1) is 18.3 Å². The van der Waals surface area contributed by atoms with E-state index in [9.17, 15) is 41.0 Å². The number of nitrogens with one attached hydrogen (secondary N) is 1. The maximum absolute atomic E-state index is 13.6. The van der Waals surface area contributed by atoms with Crippen LogP contribution in [0.1, 0.15) is 56.5 Å². The van der Waals surface area contributed by atoms with Gasteiger partial charge in [0.2, 0.25) is 17.6 Å². The van der Waals surface area contributed by atoms with Crippen molar-refractivity contribution in [3.8, 4) is 11.5 Å². The van der Waals surface area contributed by atoms with Crippen molar-refractivity contribution in [2.24, 2.45) is 11.8 Å². The molecule has 0 radical (unpaired) electrons. The number of halogens is 6. The van der Waals surface area contributed by atoms with E-state index in [1.165, 1.54) is 0 Å². The standard InChI is InChI=1S/C24H26F6N2O5/c1-12(2)18(22(34)35)32-20(33)13-5-4-8-16(10-13)36-11-17-19(24(28,29)30)37-21(31-17)14-6-3-7-15(9-14)23(25,26)27/h3,6-7,9,12-13,16,18H,4-5,8,10-11H2,1-2H3,(H,32,33)(H,34,35)/t13?,16?,18-/m1/s1.